The fourth-order valence-electron chi connectivity index (χ4n) is 4.89. The van der Waals surface area contributed by atoms with Gasteiger partial charge in [-0.05, 0) is 59.1 Å². The van der Waals surface area contributed by atoms with Crippen LogP contribution in [0.25, 0.3) is 11.1 Å². The number of anilines is 1. The zero-order valence-corrected chi connectivity index (χ0v) is 24.0. The summed E-state index contributed by atoms with van der Waals surface area (Å²) < 4.78 is 6.08. The number of fused-ring (bicyclic) bond motifs is 1. The quantitative estimate of drug-likeness (QED) is 0.428. The van der Waals surface area contributed by atoms with Crippen molar-refractivity contribution in [2.24, 2.45) is 11.3 Å². The number of carbonyl (C=O) groups is 2. The fourth-order valence-corrected chi connectivity index (χ4v) is 4.89. The summed E-state index contributed by atoms with van der Waals surface area (Å²) in [5.74, 6) is -0.903. The molecule has 3 rings (SSSR count). The molecule has 0 spiro atoms. The normalized spacial score (nSPS) is 15.7. The van der Waals surface area contributed by atoms with Crippen LogP contribution in [-0.2, 0) is 16.1 Å². The standard InChI is InChI=1S/C32H46N2O4/c1-24(2)21-33-17-10-8-6-7-9-11-18-34(30(35)31(36)37)22-27-16-15-26(20-29(27)33)25-13-12-14-28(19-25)38-23-32(3,4)5/h12-16,19-20,24H,6-11,17-18,21-23H2,1-5H3,(H,36,37). The number of ether oxygens (including phenoxy) is 1. The van der Waals surface area contributed by atoms with Gasteiger partial charge in [-0.15, -0.1) is 0 Å². The number of carboxylic acid groups (broad SMARTS) is 1. The van der Waals surface area contributed by atoms with Crippen molar-refractivity contribution in [2.45, 2.75) is 79.7 Å². The largest absolute Gasteiger partial charge is 0.493 e. The van der Waals surface area contributed by atoms with E-state index in [4.69, 9.17) is 4.74 Å². The minimum atomic E-state index is -1.39. The molecule has 1 N–H and O–H groups in total. The van der Waals surface area contributed by atoms with Crippen LogP contribution in [-0.4, -0.2) is 48.1 Å². The Morgan fingerprint density at radius 2 is 1.58 bits per heavy atom. The van der Waals surface area contributed by atoms with E-state index in [2.05, 4.69) is 69.9 Å². The molecule has 1 amide bonds. The Hall–Kier alpha value is -3.02. The average molecular weight is 523 g/mol. The fraction of sp³-hybridized carbons (Fsp3) is 0.562. The molecule has 2 aromatic rings. The molecule has 0 bridgehead atoms. The van der Waals surface area contributed by atoms with Crippen LogP contribution < -0.4 is 9.64 Å². The van der Waals surface area contributed by atoms with E-state index in [0.29, 0.717) is 25.6 Å². The van der Waals surface area contributed by atoms with Crippen LogP contribution >= 0.6 is 0 Å². The summed E-state index contributed by atoms with van der Waals surface area (Å²) >= 11 is 0. The van der Waals surface area contributed by atoms with E-state index >= 15 is 0 Å². The third kappa shape index (κ3) is 9.07. The number of hydrogen-bond donors (Lipinski definition) is 1. The molecule has 0 saturated carbocycles. The summed E-state index contributed by atoms with van der Waals surface area (Å²) in [6.45, 7) is 14.2. The van der Waals surface area contributed by atoms with Crippen molar-refractivity contribution in [2.75, 3.05) is 31.1 Å². The van der Waals surface area contributed by atoms with Gasteiger partial charge in [-0.2, -0.15) is 0 Å². The lowest BCUT2D eigenvalue weighted by Crippen LogP contribution is -2.37. The van der Waals surface area contributed by atoms with Crippen LogP contribution in [0.2, 0.25) is 0 Å². The van der Waals surface area contributed by atoms with Crippen molar-refractivity contribution in [3.63, 3.8) is 0 Å². The van der Waals surface area contributed by atoms with Crippen molar-refractivity contribution >= 4 is 17.6 Å². The molecule has 0 unspecified atom stereocenters. The highest BCUT2D eigenvalue weighted by atomic mass is 16.5. The number of hydrogen-bond acceptors (Lipinski definition) is 4. The second-order valence-corrected chi connectivity index (χ2v) is 12.2. The minimum Gasteiger partial charge on any atom is -0.493 e. The Bertz CT molecular complexity index is 1070. The molecule has 0 aliphatic carbocycles. The van der Waals surface area contributed by atoms with Crippen LogP contribution in [0, 0.1) is 11.3 Å². The molecular weight excluding hydrogens is 476 g/mol. The van der Waals surface area contributed by atoms with Crippen LogP contribution in [0.5, 0.6) is 5.75 Å². The predicted octanol–water partition coefficient (Wildman–Crippen LogP) is 7.01. The maximum atomic E-state index is 12.6. The first-order chi connectivity index (χ1) is 18.0. The molecule has 1 aliphatic rings. The van der Waals surface area contributed by atoms with E-state index in [1.165, 1.54) is 11.3 Å². The van der Waals surface area contributed by atoms with Crippen molar-refractivity contribution < 1.29 is 19.4 Å². The molecule has 6 heteroatoms. The predicted molar refractivity (Wildman–Crippen MR) is 155 cm³/mol. The van der Waals surface area contributed by atoms with Gasteiger partial charge in [-0.1, -0.05) is 84.6 Å². The van der Waals surface area contributed by atoms with Crippen LogP contribution in [0.3, 0.4) is 0 Å². The number of benzene rings is 2. The van der Waals surface area contributed by atoms with Gasteiger partial charge in [0, 0.05) is 31.9 Å². The number of rotatable bonds is 5. The van der Waals surface area contributed by atoms with Crippen molar-refractivity contribution in [3.8, 4) is 16.9 Å². The zero-order valence-electron chi connectivity index (χ0n) is 24.0. The summed E-state index contributed by atoms with van der Waals surface area (Å²) in [7, 11) is 0. The second-order valence-electron chi connectivity index (χ2n) is 12.2. The topological polar surface area (TPSA) is 70.1 Å². The Morgan fingerprint density at radius 1 is 0.921 bits per heavy atom. The number of amides is 1. The SMILES string of the molecule is CC(C)CN1CCCCCCCCN(C(=O)C(=O)O)Cc2ccc(-c3cccc(OCC(C)(C)C)c3)cc21. The third-order valence-electron chi connectivity index (χ3n) is 6.79. The number of aliphatic carboxylic acids is 1. The highest BCUT2D eigenvalue weighted by Crippen LogP contribution is 2.32. The van der Waals surface area contributed by atoms with Gasteiger partial charge in [0.05, 0.1) is 6.61 Å². The molecule has 0 radical (unpaired) electrons. The van der Waals surface area contributed by atoms with Crippen molar-refractivity contribution in [3.05, 3.63) is 48.0 Å². The van der Waals surface area contributed by atoms with Gasteiger partial charge in [0.15, 0.2) is 0 Å². The second kappa shape index (κ2) is 13.7. The van der Waals surface area contributed by atoms with E-state index in [-0.39, 0.29) is 5.41 Å². The Labute approximate surface area is 229 Å². The molecule has 0 saturated heterocycles. The van der Waals surface area contributed by atoms with Crippen molar-refractivity contribution in [1.82, 2.24) is 4.90 Å². The molecule has 6 nitrogen and oxygen atoms in total. The van der Waals surface area contributed by atoms with E-state index in [9.17, 15) is 14.7 Å². The number of carboxylic acids is 1. The van der Waals surface area contributed by atoms with Gasteiger partial charge in [0.2, 0.25) is 0 Å². The van der Waals surface area contributed by atoms with Crippen LogP contribution in [0.1, 0.15) is 78.7 Å². The molecule has 38 heavy (non-hydrogen) atoms. The Kier molecular flexibility index (Phi) is 10.6. The highest BCUT2D eigenvalue weighted by Gasteiger charge is 2.24. The number of nitrogens with zero attached hydrogens (tertiary/aromatic N) is 2. The summed E-state index contributed by atoms with van der Waals surface area (Å²) in [6.07, 6.45) is 6.40. The van der Waals surface area contributed by atoms with Gasteiger partial charge in [0.1, 0.15) is 5.75 Å². The first kappa shape index (κ1) is 29.5. The smallest absolute Gasteiger partial charge is 0.394 e. The lowest BCUT2D eigenvalue weighted by molar-refractivity contribution is -0.156. The highest BCUT2D eigenvalue weighted by molar-refractivity contribution is 6.31. The summed E-state index contributed by atoms with van der Waals surface area (Å²) in [6, 6.07) is 14.6. The molecule has 2 aromatic carbocycles. The lowest BCUT2D eigenvalue weighted by Gasteiger charge is -2.31. The first-order valence-electron chi connectivity index (χ1n) is 14.2. The van der Waals surface area contributed by atoms with Gasteiger partial charge in [-0.25, -0.2) is 4.79 Å². The van der Waals surface area contributed by atoms with E-state index < -0.39 is 11.9 Å². The number of carbonyl (C=O) groups excluding carboxylic acids is 1. The molecule has 0 fully saturated rings. The molecule has 1 heterocycles. The average Bonchev–Trinajstić information content (AvgIpc) is 2.88. The summed E-state index contributed by atoms with van der Waals surface area (Å²) in [4.78, 5) is 28.2. The van der Waals surface area contributed by atoms with Gasteiger partial charge < -0.3 is 19.6 Å². The van der Waals surface area contributed by atoms with Gasteiger partial charge in [0.25, 0.3) is 0 Å². The Morgan fingerprint density at radius 3 is 2.24 bits per heavy atom. The lowest BCUT2D eigenvalue weighted by atomic mass is 9.98. The molecule has 0 aromatic heterocycles. The monoisotopic (exact) mass is 522 g/mol. The van der Waals surface area contributed by atoms with Gasteiger partial charge in [-0.3, -0.25) is 4.79 Å². The van der Waals surface area contributed by atoms with E-state index in [1.807, 2.05) is 12.1 Å². The molecule has 208 valence electrons. The van der Waals surface area contributed by atoms with E-state index in [0.717, 1.165) is 73.3 Å². The van der Waals surface area contributed by atoms with Gasteiger partial charge >= 0.3 is 11.9 Å². The minimum absolute atomic E-state index is 0.0723. The maximum Gasteiger partial charge on any atom is 0.394 e. The molecule has 0 atom stereocenters. The van der Waals surface area contributed by atoms with E-state index in [1.54, 1.807) is 0 Å². The van der Waals surface area contributed by atoms with Crippen molar-refractivity contribution in [1.29, 1.82) is 0 Å². The molecular formula is C32H46N2O4. The first-order valence-corrected chi connectivity index (χ1v) is 14.2. The zero-order chi connectivity index (χ0) is 27.7. The summed E-state index contributed by atoms with van der Waals surface area (Å²) in [5.41, 5.74) is 4.30. The maximum absolute atomic E-state index is 12.6. The van der Waals surface area contributed by atoms with Crippen LogP contribution in [0.15, 0.2) is 42.5 Å². The Balaban J connectivity index is 2.03. The summed E-state index contributed by atoms with van der Waals surface area (Å²) in [5, 5.41) is 9.49. The third-order valence-corrected chi connectivity index (χ3v) is 6.79. The van der Waals surface area contributed by atoms with Crippen LogP contribution in [0.4, 0.5) is 5.69 Å². The molecule has 1 aliphatic heterocycles.